The Hall–Kier alpha value is -2.28. The van der Waals surface area contributed by atoms with Gasteiger partial charge in [0.25, 0.3) is 0 Å². The van der Waals surface area contributed by atoms with Crippen LogP contribution in [0.2, 0.25) is 0 Å². The number of anilines is 1. The molecular formula is C15H18N4. The molecule has 2 rings (SSSR count). The highest BCUT2D eigenvalue weighted by atomic mass is 15.3. The number of hydrogen-bond acceptors (Lipinski definition) is 3. The quantitative estimate of drug-likeness (QED) is 0.912. The molecule has 1 aromatic heterocycles. The summed E-state index contributed by atoms with van der Waals surface area (Å²) in [5, 5.41) is 16.7. The fourth-order valence-electron chi connectivity index (χ4n) is 2.14. The van der Waals surface area contributed by atoms with Crippen molar-refractivity contribution >= 4 is 5.82 Å². The third-order valence-electron chi connectivity index (χ3n) is 3.28. The molecule has 1 heterocycles. The summed E-state index contributed by atoms with van der Waals surface area (Å²) in [5.74, 6) is 1.17. The lowest BCUT2D eigenvalue weighted by molar-refractivity contribution is 0.740. The molecule has 0 amide bonds. The van der Waals surface area contributed by atoms with Crippen LogP contribution in [-0.2, 0) is 7.05 Å². The van der Waals surface area contributed by atoms with Gasteiger partial charge >= 0.3 is 0 Å². The van der Waals surface area contributed by atoms with Gasteiger partial charge in [-0.3, -0.25) is 4.68 Å². The lowest BCUT2D eigenvalue weighted by Crippen LogP contribution is -2.13. The van der Waals surface area contributed by atoms with Crippen molar-refractivity contribution < 1.29 is 0 Å². The Kier molecular flexibility index (Phi) is 3.86. The van der Waals surface area contributed by atoms with Gasteiger partial charge in [-0.2, -0.15) is 10.4 Å². The Bertz CT molecular complexity index is 593. The van der Waals surface area contributed by atoms with Crippen molar-refractivity contribution in [3.05, 3.63) is 47.2 Å². The summed E-state index contributed by atoms with van der Waals surface area (Å²) in [6.45, 7) is 4.79. The van der Waals surface area contributed by atoms with Gasteiger partial charge in [-0.1, -0.05) is 37.3 Å². The van der Waals surface area contributed by atoms with Crippen LogP contribution in [-0.4, -0.2) is 16.3 Å². The first-order valence-electron chi connectivity index (χ1n) is 6.36. The second kappa shape index (κ2) is 5.57. The molecular weight excluding hydrogens is 236 g/mol. The number of nitrogens with one attached hydrogen (secondary N) is 1. The highest BCUT2D eigenvalue weighted by molar-refractivity contribution is 5.55. The van der Waals surface area contributed by atoms with E-state index >= 15 is 0 Å². The van der Waals surface area contributed by atoms with E-state index in [-0.39, 0.29) is 0 Å². The van der Waals surface area contributed by atoms with Crippen molar-refractivity contribution in [3.8, 4) is 6.07 Å². The zero-order valence-corrected chi connectivity index (χ0v) is 11.5. The van der Waals surface area contributed by atoms with E-state index in [1.54, 1.807) is 4.68 Å². The third-order valence-corrected chi connectivity index (χ3v) is 3.28. The molecule has 4 heteroatoms. The predicted octanol–water partition coefficient (Wildman–Crippen LogP) is 2.82. The molecule has 0 aliphatic rings. The summed E-state index contributed by atoms with van der Waals surface area (Å²) >= 11 is 0. The van der Waals surface area contributed by atoms with Crippen molar-refractivity contribution in [1.29, 1.82) is 5.26 Å². The summed E-state index contributed by atoms with van der Waals surface area (Å²) in [6.07, 6.45) is 0. The van der Waals surface area contributed by atoms with Crippen LogP contribution < -0.4 is 5.32 Å². The number of aryl methyl sites for hydroxylation is 2. The van der Waals surface area contributed by atoms with Gasteiger partial charge in [-0.05, 0) is 18.4 Å². The average Bonchev–Trinajstić information content (AvgIpc) is 2.70. The first-order chi connectivity index (χ1) is 9.13. The molecule has 98 valence electrons. The molecule has 2 aromatic rings. The Morgan fingerprint density at radius 2 is 2.05 bits per heavy atom. The summed E-state index contributed by atoms with van der Waals surface area (Å²) in [5.41, 5.74) is 2.68. The molecule has 0 bridgehead atoms. The van der Waals surface area contributed by atoms with Crippen LogP contribution >= 0.6 is 0 Å². The minimum atomic E-state index is 0.378. The maximum absolute atomic E-state index is 9.15. The molecule has 1 N–H and O–H groups in total. The molecule has 0 aliphatic heterocycles. The highest BCUT2D eigenvalue weighted by Crippen LogP contribution is 2.20. The van der Waals surface area contributed by atoms with Crippen molar-refractivity contribution in [3.63, 3.8) is 0 Å². The molecule has 1 atom stereocenters. The molecule has 1 unspecified atom stereocenters. The zero-order valence-electron chi connectivity index (χ0n) is 11.5. The number of rotatable bonds is 4. The SMILES string of the molecule is Cc1nn(C)c(NCC(C)c2ccccc2)c1C#N. The van der Waals surface area contributed by atoms with Crippen molar-refractivity contribution in [2.24, 2.45) is 7.05 Å². The highest BCUT2D eigenvalue weighted by Gasteiger charge is 2.13. The zero-order chi connectivity index (χ0) is 13.8. The number of nitriles is 1. The van der Waals surface area contributed by atoms with E-state index in [0.29, 0.717) is 11.5 Å². The second-order valence-corrected chi connectivity index (χ2v) is 4.74. The lowest BCUT2D eigenvalue weighted by atomic mass is 10.0. The van der Waals surface area contributed by atoms with Crippen LogP contribution in [0.4, 0.5) is 5.82 Å². The topological polar surface area (TPSA) is 53.6 Å². The molecule has 0 radical (unpaired) electrons. The third kappa shape index (κ3) is 2.76. The van der Waals surface area contributed by atoms with Crippen molar-refractivity contribution in [2.45, 2.75) is 19.8 Å². The molecule has 0 saturated heterocycles. The summed E-state index contributed by atoms with van der Waals surface area (Å²) in [7, 11) is 1.85. The van der Waals surface area contributed by atoms with Gasteiger partial charge in [-0.25, -0.2) is 0 Å². The number of hydrogen-bond donors (Lipinski definition) is 1. The molecule has 0 saturated carbocycles. The molecule has 19 heavy (non-hydrogen) atoms. The van der Waals surface area contributed by atoms with Crippen LogP contribution in [0.5, 0.6) is 0 Å². The Morgan fingerprint density at radius 3 is 2.68 bits per heavy atom. The molecule has 4 nitrogen and oxygen atoms in total. The fraction of sp³-hybridized carbons (Fsp3) is 0.333. The Balaban J connectivity index is 2.10. The maximum Gasteiger partial charge on any atom is 0.142 e. The molecule has 0 spiro atoms. The fourth-order valence-corrected chi connectivity index (χ4v) is 2.14. The minimum absolute atomic E-state index is 0.378. The van der Waals surface area contributed by atoms with Crippen LogP contribution in [0.3, 0.4) is 0 Å². The van der Waals surface area contributed by atoms with Gasteiger partial charge in [0, 0.05) is 13.6 Å². The van der Waals surface area contributed by atoms with E-state index in [0.717, 1.165) is 18.1 Å². The van der Waals surface area contributed by atoms with E-state index in [2.05, 4.69) is 35.5 Å². The predicted molar refractivity (Wildman–Crippen MR) is 76.0 cm³/mol. The van der Waals surface area contributed by atoms with Crippen molar-refractivity contribution in [1.82, 2.24) is 9.78 Å². The maximum atomic E-state index is 9.15. The largest absolute Gasteiger partial charge is 0.369 e. The van der Waals surface area contributed by atoms with E-state index in [1.165, 1.54) is 5.56 Å². The lowest BCUT2D eigenvalue weighted by Gasteiger charge is -2.14. The minimum Gasteiger partial charge on any atom is -0.369 e. The monoisotopic (exact) mass is 254 g/mol. The van der Waals surface area contributed by atoms with Gasteiger partial charge in [-0.15, -0.1) is 0 Å². The average molecular weight is 254 g/mol. The molecule has 1 aromatic carbocycles. The Morgan fingerprint density at radius 1 is 1.37 bits per heavy atom. The van der Waals surface area contributed by atoms with Crippen LogP contribution in [0, 0.1) is 18.3 Å². The van der Waals surface area contributed by atoms with E-state index in [1.807, 2.05) is 32.2 Å². The summed E-state index contributed by atoms with van der Waals surface area (Å²) in [6, 6.07) is 12.5. The normalized spacial score (nSPS) is 11.9. The number of benzene rings is 1. The van der Waals surface area contributed by atoms with E-state index in [4.69, 9.17) is 5.26 Å². The first kappa shape index (κ1) is 13.2. The van der Waals surface area contributed by atoms with Gasteiger partial charge in [0.05, 0.1) is 5.69 Å². The summed E-state index contributed by atoms with van der Waals surface area (Å²) < 4.78 is 1.73. The standard InChI is InChI=1S/C15H18N4/c1-11(13-7-5-4-6-8-13)10-17-15-14(9-16)12(2)18-19(15)3/h4-8,11,17H,10H2,1-3H3. The smallest absolute Gasteiger partial charge is 0.142 e. The van der Waals surface area contributed by atoms with Gasteiger partial charge in [0.1, 0.15) is 17.5 Å². The van der Waals surface area contributed by atoms with E-state index < -0.39 is 0 Å². The van der Waals surface area contributed by atoms with Crippen LogP contribution in [0.25, 0.3) is 0 Å². The van der Waals surface area contributed by atoms with E-state index in [9.17, 15) is 0 Å². The second-order valence-electron chi connectivity index (χ2n) is 4.74. The van der Waals surface area contributed by atoms with Crippen LogP contribution in [0.1, 0.15) is 29.7 Å². The number of nitrogens with zero attached hydrogens (tertiary/aromatic N) is 3. The van der Waals surface area contributed by atoms with Gasteiger partial charge in [0.2, 0.25) is 0 Å². The summed E-state index contributed by atoms with van der Waals surface area (Å²) in [4.78, 5) is 0. The molecule has 0 aliphatic carbocycles. The first-order valence-corrected chi connectivity index (χ1v) is 6.36. The van der Waals surface area contributed by atoms with Crippen LogP contribution in [0.15, 0.2) is 30.3 Å². The molecule has 0 fully saturated rings. The van der Waals surface area contributed by atoms with Gasteiger partial charge < -0.3 is 5.32 Å². The number of aromatic nitrogens is 2. The Labute approximate surface area is 113 Å². The van der Waals surface area contributed by atoms with Gasteiger partial charge in [0.15, 0.2) is 0 Å². The van der Waals surface area contributed by atoms with Crippen molar-refractivity contribution in [2.75, 3.05) is 11.9 Å².